The highest BCUT2D eigenvalue weighted by atomic mass is 16.6. The Bertz CT molecular complexity index is 334. The molecule has 1 heterocycles. The zero-order chi connectivity index (χ0) is 12.7. The van der Waals surface area contributed by atoms with Gasteiger partial charge in [0.05, 0.1) is 0 Å². The van der Waals surface area contributed by atoms with Crippen LogP contribution < -0.4 is 5.73 Å². The Kier molecular flexibility index (Phi) is 5.63. The van der Waals surface area contributed by atoms with Crippen molar-refractivity contribution in [1.82, 2.24) is 0 Å². The molecule has 0 aliphatic carbocycles. The highest BCUT2D eigenvalue weighted by Crippen LogP contribution is 2.23. The van der Waals surface area contributed by atoms with Gasteiger partial charge in [0.25, 0.3) is 0 Å². The number of hydrogen-bond donors (Lipinski definition) is 1. The Balaban J connectivity index is 2.10. The summed E-state index contributed by atoms with van der Waals surface area (Å²) in [5.74, 6) is -0.633. The van der Waals surface area contributed by atoms with E-state index in [0.717, 1.165) is 19.3 Å². The molecule has 1 saturated heterocycles. The van der Waals surface area contributed by atoms with Crippen molar-refractivity contribution in [3.63, 3.8) is 0 Å². The van der Waals surface area contributed by atoms with Crippen LogP contribution in [-0.4, -0.2) is 23.9 Å². The van der Waals surface area contributed by atoms with Gasteiger partial charge in [0, 0.05) is 6.42 Å². The van der Waals surface area contributed by atoms with Crippen molar-refractivity contribution in [2.24, 2.45) is 5.73 Å². The summed E-state index contributed by atoms with van der Waals surface area (Å²) in [7, 11) is 0. The smallest absolute Gasteiger partial charge is 0.249 e. The van der Waals surface area contributed by atoms with Crippen LogP contribution in [0.2, 0.25) is 0 Å². The molecule has 0 radical (unpaired) electrons. The molecule has 0 saturated carbocycles. The molecule has 1 fully saturated rings. The number of carbonyl (C=O) groups excluding carboxylic acids is 2. The SMILES string of the molecule is CC/C=C/CC/C=C/CC(=O)C1OC1C(N)=O. The van der Waals surface area contributed by atoms with Crippen LogP contribution >= 0.6 is 0 Å². The Hall–Kier alpha value is -1.42. The molecule has 0 bridgehead atoms. The molecule has 94 valence electrons. The molecular weight excluding hydrogens is 218 g/mol. The van der Waals surface area contributed by atoms with Crippen LogP contribution in [-0.2, 0) is 14.3 Å². The van der Waals surface area contributed by atoms with Gasteiger partial charge in [0.15, 0.2) is 18.0 Å². The lowest BCUT2D eigenvalue weighted by Crippen LogP contribution is -2.22. The van der Waals surface area contributed by atoms with Crippen LogP contribution in [0.1, 0.15) is 32.6 Å². The van der Waals surface area contributed by atoms with Crippen LogP contribution in [0.15, 0.2) is 24.3 Å². The first-order chi connectivity index (χ1) is 8.16. The van der Waals surface area contributed by atoms with Crippen molar-refractivity contribution >= 4 is 11.7 Å². The molecule has 4 nitrogen and oxygen atoms in total. The van der Waals surface area contributed by atoms with Gasteiger partial charge in [0.2, 0.25) is 5.91 Å². The quantitative estimate of drug-likeness (QED) is 0.395. The van der Waals surface area contributed by atoms with Crippen molar-refractivity contribution in [2.75, 3.05) is 0 Å². The number of rotatable bonds is 8. The molecule has 0 aromatic carbocycles. The number of nitrogens with two attached hydrogens (primary N) is 1. The standard InChI is InChI=1S/C13H19NO3/c1-2-3-4-5-6-7-8-9-10(15)11-12(17-11)13(14)16/h3-4,7-8,11-12H,2,5-6,9H2,1H3,(H2,14,16)/b4-3+,8-7+. The number of carbonyl (C=O) groups is 2. The fraction of sp³-hybridized carbons (Fsp3) is 0.538. The van der Waals surface area contributed by atoms with Crippen LogP contribution in [0.5, 0.6) is 0 Å². The molecule has 2 N–H and O–H groups in total. The minimum absolute atomic E-state index is 0.0749. The van der Waals surface area contributed by atoms with E-state index in [4.69, 9.17) is 10.5 Å². The third-order valence-electron chi connectivity index (χ3n) is 2.48. The van der Waals surface area contributed by atoms with E-state index >= 15 is 0 Å². The summed E-state index contributed by atoms with van der Waals surface area (Å²) < 4.78 is 4.88. The summed E-state index contributed by atoms with van der Waals surface area (Å²) in [6, 6.07) is 0. The second-order valence-electron chi connectivity index (χ2n) is 3.98. The monoisotopic (exact) mass is 237 g/mol. The largest absolute Gasteiger partial charge is 0.367 e. The van der Waals surface area contributed by atoms with E-state index < -0.39 is 18.1 Å². The average Bonchev–Trinajstić information content (AvgIpc) is 3.07. The Morgan fingerprint density at radius 2 is 1.76 bits per heavy atom. The number of unbranched alkanes of at least 4 members (excludes halogenated alkanes) is 1. The number of primary amides is 1. The number of epoxide rings is 1. The maximum absolute atomic E-state index is 11.5. The Morgan fingerprint density at radius 3 is 2.29 bits per heavy atom. The van der Waals surface area contributed by atoms with E-state index in [-0.39, 0.29) is 5.78 Å². The van der Waals surface area contributed by atoms with Gasteiger partial charge in [-0.1, -0.05) is 31.2 Å². The van der Waals surface area contributed by atoms with Crippen LogP contribution in [0.4, 0.5) is 0 Å². The predicted molar refractivity (Wildman–Crippen MR) is 65.3 cm³/mol. The lowest BCUT2D eigenvalue weighted by molar-refractivity contribution is -0.121. The zero-order valence-electron chi connectivity index (χ0n) is 10.1. The van der Waals surface area contributed by atoms with Gasteiger partial charge in [-0.15, -0.1) is 0 Å². The highest BCUT2D eigenvalue weighted by Gasteiger charge is 2.48. The van der Waals surface area contributed by atoms with E-state index in [9.17, 15) is 9.59 Å². The Labute approximate surface area is 102 Å². The van der Waals surface area contributed by atoms with Gasteiger partial charge < -0.3 is 10.5 Å². The third-order valence-corrected chi connectivity index (χ3v) is 2.48. The van der Waals surface area contributed by atoms with Gasteiger partial charge in [-0.05, 0) is 19.3 Å². The Morgan fingerprint density at radius 1 is 1.12 bits per heavy atom. The fourth-order valence-electron chi connectivity index (χ4n) is 1.48. The summed E-state index contributed by atoms with van der Waals surface area (Å²) in [5, 5.41) is 0. The number of hydrogen-bond acceptors (Lipinski definition) is 3. The molecule has 0 spiro atoms. The molecule has 1 aliphatic rings. The van der Waals surface area contributed by atoms with Crippen LogP contribution in [0.3, 0.4) is 0 Å². The van der Waals surface area contributed by atoms with Crippen molar-refractivity contribution < 1.29 is 14.3 Å². The molecular formula is C13H19NO3. The maximum atomic E-state index is 11.5. The molecule has 1 aliphatic heterocycles. The highest BCUT2D eigenvalue weighted by molar-refractivity contribution is 5.95. The summed E-state index contributed by atoms with van der Waals surface area (Å²) in [4.78, 5) is 22.1. The lowest BCUT2D eigenvalue weighted by atomic mass is 10.1. The van der Waals surface area contributed by atoms with Gasteiger partial charge in [-0.25, -0.2) is 0 Å². The minimum Gasteiger partial charge on any atom is -0.367 e. The number of ketones is 1. The fourth-order valence-corrected chi connectivity index (χ4v) is 1.48. The molecule has 17 heavy (non-hydrogen) atoms. The van der Waals surface area contributed by atoms with E-state index in [1.54, 1.807) is 0 Å². The topological polar surface area (TPSA) is 72.7 Å². The van der Waals surface area contributed by atoms with E-state index in [1.165, 1.54) is 0 Å². The molecule has 1 amide bonds. The third kappa shape index (κ3) is 4.95. The van der Waals surface area contributed by atoms with E-state index in [1.807, 2.05) is 12.2 Å². The van der Waals surface area contributed by atoms with Gasteiger partial charge in [0.1, 0.15) is 0 Å². The molecule has 0 aromatic heterocycles. The molecule has 2 atom stereocenters. The predicted octanol–water partition coefficient (Wildman–Crippen LogP) is 1.50. The average molecular weight is 237 g/mol. The second kappa shape index (κ2) is 7.01. The second-order valence-corrected chi connectivity index (χ2v) is 3.98. The zero-order valence-corrected chi connectivity index (χ0v) is 10.1. The molecule has 1 rings (SSSR count). The van der Waals surface area contributed by atoms with E-state index in [0.29, 0.717) is 6.42 Å². The van der Waals surface area contributed by atoms with Crippen molar-refractivity contribution in [3.05, 3.63) is 24.3 Å². The molecule has 0 aromatic rings. The maximum Gasteiger partial charge on any atom is 0.249 e. The molecule has 4 heteroatoms. The van der Waals surface area contributed by atoms with Crippen molar-refractivity contribution in [1.29, 1.82) is 0 Å². The van der Waals surface area contributed by atoms with E-state index in [2.05, 4.69) is 19.1 Å². The lowest BCUT2D eigenvalue weighted by Gasteiger charge is -1.90. The van der Waals surface area contributed by atoms with Crippen molar-refractivity contribution in [3.8, 4) is 0 Å². The first kappa shape index (κ1) is 13.6. The summed E-state index contributed by atoms with van der Waals surface area (Å²) in [6.07, 6.45) is 10.0. The van der Waals surface area contributed by atoms with Crippen LogP contribution in [0, 0.1) is 0 Å². The molecule has 2 unspecified atom stereocenters. The number of ether oxygens (including phenoxy) is 1. The first-order valence-corrected chi connectivity index (χ1v) is 5.94. The summed E-state index contributed by atoms with van der Waals surface area (Å²) in [5.41, 5.74) is 5.01. The summed E-state index contributed by atoms with van der Waals surface area (Å²) >= 11 is 0. The van der Waals surface area contributed by atoms with Crippen LogP contribution in [0.25, 0.3) is 0 Å². The normalized spacial score (nSPS) is 23.4. The van der Waals surface area contributed by atoms with Crippen molar-refractivity contribution in [2.45, 2.75) is 44.8 Å². The number of allylic oxidation sites excluding steroid dienone is 4. The minimum atomic E-state index is -0.691. The summed E-state index contributed by atoms with van der Waals surface area (Å²) in [6.45, 7) is 2.09. The van der Waals surface area contributed by atoms with Gasteiger partial charge in [-0.3, -0.25) is 9.59 Å². The van der Waals surface area contributed by atoms with Gasteiger partial charge in [-0.2, -0.15) is 0 Å². The number of Topliss-reactive ketones (excluding diaryl/α,β-unsaturated/α-hetero) is 1. The number of amides is 1. The first-order valence-electron chi connectivity index (χ1n) is 5.94. The van der Waals surface area contributed by atoms with Gasteiger partial charge >= 0.3 is 0 Å².